The topological polar surface area (TPSA) is 37.5 Å². The number of benzene rings is 1. The Morgan fingerprint density at radius 3 is 2.76 bits per heavy atom. The molecule has 4 heteroatoms. The summed E-state index contributed by atoms with van der Waals surface area (Å²) in [5.41, 5.74) is 1.52. The predicted molar refractivity (Wildman–Crippen MR) is 67.3 cm³/mol. The molecule has 1 aromatic carbocycles. The van der Waals surface area contributed by atoms with Crippen molar-refractivity contribution in [3.63, 3.8) is 0 Å². The molecule has 0 aliphatic heterocycles. The quantitative estimate of drug-likeness (QED) is 0.713. The zero-order chi connectivity index (χ0) is 11.8. The van der Waals surface area contributed by atoms with Gasteiger partial charge in [0.1, 0.15) is 17.1 Å². The van der Waals surface area contributed by atoms with Crippen LogP contribution in [-0.2, 0) is 0 Å². The molecule has 0 unspecified atom stereocenters. The van der Waals surface area contributed by atoms with Crippen LogP contribution < -0.4 is 0 Å². The van der Waals surface area contributed by atoms with Crippen LogP contribution in [0.3, 0.4) is 0 Å². The second kappa shape index (κ2) is 3.79. The number of pyridine rings is 1. The van der Waals surface area contributed by atoms with E-state index in [4.69, 9.17) is 11.6 Å². The summed E-state index contributed by atoms with van der Waals surface area (Å²) < 4.78 is 1.82. The van der Waals surface area contributed by atoms with Gasteiger partial charge < -0.3 is 5.11 Å². The van der Waals surface area contributed by atoms with Crippen LogP contribution in [-0.4, -0.2) is 14.5 Å². The molecule has 17 heavy (non-hydrogen) atoms. The van der Waals surface area contributed by atoms with E-state index in [1.54, 1.807) is 18.3 Å². The summed E-state index contributed by atoms with van der Waals surface area (Å²) in [6.45, 7) is 0. The minimum atomic E-state index is 0.207. The smallest absolute Gasteiger partial charge is 0.146 e. The van der Waals surface area contributed by atoms with Gasteiger partial charge in [0.15, 0.2) is 0 Å². The number of imidazole rings is 1. The summed E-state index contributed by atoms with van der Waals surface area (Å²) in [7, 11) is 0. The van der Waals surface area contributed by atoms with Crippen LogP contribution in [0, 0.1) is 0 Å². The Morgan fingerprint density at radius 2 is 1.94 bits per heavy atom. The van der Waals surface area contributed by atoms with Gasteiger partial charge in [-0.3, -0.25) is 4.40 Å². The Kier molecular flexibility index (Phi) is 2.27. The first-order valence-corrected chi connectivity index (χ1v) is 5.55. The average Bonchev–Trinajstić information content (AvgIpc) is 2.75. The summed E-state index contributed by atoms with van der Waals surface area (Å²) >= 11 is 6.14. The largest absolute Gasteiger partial charge is 0.506 e. The summed E-state index contributed by atoms with van der Waals surface area (Å²) in [6.07, 6.45) is 3.48. The third-order valence-corrected chi connectivity index (χ3v) is 2.99. The highest BCUT2D eigenvalue weighted by Crippen LogP contribution is 2.29. The molecule has 0 radical (unpaired) electrons. The first-order chi connectivity index (χ1) is 8.27. The maximum absolute atomic E-state index is 9.71. The van der Waals surface area contributed by atoms with Crippen LogP contribution in [0.4, 0.5) is 0 Å². The molecule has 3 aromatic rings. The van der Waals surface area contributed by atoms with E-state index in [9.17, 15) is 5.11 Å². The normalized spacial score (nSPS) is 10.9. The van der Waals surface area contributed by atoms with Crippen LogP contribution in [0.2, 0.25) is 5.02 Å². The Morgan fingerprint density at radius 1 is 1.12 bits per heavy atom. The van der Waals surface area contributed by atoms with Gasteiger partial charge in [-0.2, -0.15) is 0 Å². The second-order valence-corrected chi connectivity index (χ2v) is 4.12. The van der Waals surface area contributed by atoms with Crippen molar-refractivity contribution in [3.8, 4) is 17.1 Å². The van der Waals surface area contributed by atoms with E-state index >= 15 is 0 Å². The summed E-state index contributed by atoms with van der Waals surface area (Å²) in [5.74, 6) is 0.930. The molecule has 0 aliphatic rings. The molecule has 0 aliphatic carbocycles. The predicted octanol–water partition coefficient (Wildman–Crippen LogP) is 3.36. The van der Waals surface area contributed by atoms with Crippen molar-refractivity contribution in [2.24, 2.45) is 0 Å². The molecule has 1 N–H and O–H groups in total. The van der Waals surface area contributed by atoms with Gasteiger partial charge in [0, 0.05) is 11.8 Å². The first-order valence-electron chi connectivity index (χ1n) is 5.17. The lowest BCUT2D eigenvalue weighted by molar-refractivity contribution is 0.479. The second-order valence-electron chi connectivity index (χ2n) is 3.71. The molecular formula is C13H9ClN2O. The van der Waals surface area contributed by atoms with Crippen molar-refractivity contribution < 1.29 is 5.11 Å². The van der Waals surface area contributed by atoms with E-state index in [0.717, 1.165) is 11.4 Å². The van der Waals surface area contributed by atoms with Gasteiger partial charge in [-0.1, -0.05) is 23.7 Å². The number of halogens is 1. The van der Waals surface area contributed by atoms with Gasteiger partial charge in [-0.05, 0) is 24.3 Å². The van der Waals surface area contributed by atoms with Crippen molar-refractivity contribution in [1.82, 2.24) is 9.38 Å². The number of hydrogen-bond donors (Lipinski definition) is 1. The number of rotatable bonds is 1. The lowest BCUT2D eigenvalue weighted by Crippen LogP contribution is -1.89. The molecule has 0 bridgehead atoms. The van der Waals surface area contributed by atoms with Gasteiger partial charge in [-0.25, -0.2) is 4.98 Å². The molecule has 0 saturated heterocycles. The van der Waals surface area contributed by atoms with Crippen LogP contribution in [0.15, 0.2) is 48.8 Å². The van der Waals surface area contributed by atoms with E-state index < -0.39 is 0 Å². The molecule has 0 saturated carbocycles. The molecular weight excluding hydrogens is 236 g/mol. The monoisotopic (exact) mass is 244 g/mol. The third kappa shape index (κ3) is 1.56. The highest BCUT2D eigenvalue weighted by molar-refractivity contribution is 6.33. The average molecular weight is 245 g/mol. The molecule has 3 nitrogen and oxygen atoms in total. The van der Waals surface area contributed by atoms with Crippen LogP contribution in [0.25, 0.3) is 16.9 Å². The van der Waals surface area contributed by atoms with Crippen LogP contribution in [0.5, 0.6) is 5.75 Å². The fraction of sp³-hybridized carbons (Fsp3) is 0. The number of nitrogens with zero attached hydrogens (tertiary/aromatic N) is 2. The number of aromatic hydroxyl groups is 1. The number of hydrogen-bond acceptors (Lipinski definition) is 2. The molecule has 0 atom stereocenters. The summed E-state index contributed by atoms with van der Waals surface area (Å²) in [5, 5.41) is 10.3. The van der Waals surface area contributed by atoms with Crippen molar-refractivity contribution in [2.75, 3.05) is 0 Å². The molecule has 0 spiro atoms. The Balaban J connectivity index is 2.33. The van der Waals surface area contributed by atoms with E-state index in [2.05, 4.69) is 4.98 Å². The van der Waals surface area contributed by atoms with Gasteiger partial charge >= 0.3 is 0 Å². The maximum atomic E-state index is 9.71. The molecule has 2 heterocycles. The molecule has 3 rings (SSSR count). The number of aromatic nitrogens is 2. The summed E-state index contributed by atoms with van der Waals surface area (Å²) in [6, 6.07) is 10.9. The Hall–Kier alpha value is -2.00. The van der Waals surface area contributed by atoms with Crippen LogP contribution in [0.1, 0.15) is 0 Å². The van der Waals surface area contributed by atoms with Crippen molar-refractivity contribution in [3.05, 3.63) is 53.8 Å². The van der Waals surface area contributed by atoms with Gasteiger partial charge in [0.05, 0.1) is 11.2 Å². The van der Waals surface area contributed by atoms with Gasteiger partial charge in [-0.15, -0.1) is 0 Å². The zero-order valence-electron chi connectivity index (χ0n) is 8.84. The lowest BCUT2D eigenvalue weighted by Gasteiger charge is -2.03. The third-order valence-electron chi connectivity index (χ3n) is 2.66. The first kappa shape index (κ1) is 10.2. The number of fused-ring (bicyclic) bond motifs is 1. The minimum Gasteiger partial charge on any atom is -0.506 e. The maximum Gasteiger partial charge on any atom is 0.146 e. The lowest BCUT2D eigenvalue weighted by atomic mass is 10.2. The zero-order valence-corrected chi connectivity index (χ0v) is 9.59. The van der Waals surface area contributed by atoms with Crippen molar-refractivity contribution >= 4 is 17.1 Å². The van der Waals surface area contributed by atoms with Crippen LogP contribution >= 0.6 is 11.6 Å². The fourth-order valence-electron chi connectivity index (χ4n) is 1.85. The SMILES string of the molecule is Oc1cccn2c(-c3ccccc3Cl)ncc12. The molecule has 2 aromatic heterocycles. The standard InChI is InChI=1S/C13H9ClN2O/c14-10-5-2-1-4-9(10)13-15-8-11-12(17)6-3-7-16(11)13/h1-8,17H. The van der Waals surface area contributed by atoms with E-state index in [1.807, 2.05) is 34.9 Å². The molecule has 84 valence electrons. The van der Waals surface area contributed by atoms with E-state index in [-0.39, 0.29) is 5.75 Å². The molecule has 0 amide bonds. The molecule has 0 fully saturated rings. The highest BCUT2D eigenvalue weighted by Gasteiger charge is 2.10. The van der Waals surface area contributed by atoms with E-state index in [0.29, 0.717) is 10.5 Å². The van der Waals surface area contributed by atoms with Crippen molar-refractivity contribution in [2.45, 2.75) is 0 Å². The summed E-state index contributed by atoms with van der Waals surface area (Å²) in [4.78, 5) is 4.31. The van der Waals surface area contributed by atoms with Crippen molar-refractivity contribution in [1.29, 1.82) is 0 Å². The Labute approximate surface area is 103 Å². The minimum absolute atomic E-state index is 0.207. The fourth-order valence-corrected chi connectivity index (χ4v) is 2.07. The highest BCUT2D eigenvalue weighted by atomic mass is 35.5. The van der Waals surface area contributed by atoms with Gasteiger partial charge in [0.25, 0.3) is 0 Å². The van der Waals surface area contributed by atoms with E-state index in [1.165, 1.54) is 0 Å². The van der Waals surface area contributed by atoms with Gasteiger partial charge in [0.2, 0.25) is 0 Å². The Bertz CT molecular complexity index is 691.